The number of ether oxygens (including phenoxy) is 1. The van der Waals surface area contributed by atoms with Gasteiger partial charge in [0.1, 0.15) is 5.82 Å². The molecule has 148 valence electrons. The summed E-state index contributed by atoms with van der Waals surface area (Å²) in [6, 6.07) is 14.3. The van der Waals surface area contributed by atoms with Crippen LogP contribution in [0.25, 0.3) is 0 Å². The average molecular weight is 402 g/mol. The van der Waals surface area contributed by atoms with Crippen molar-refractivity contribution in [3.05, 3.63) is 59.9 Å². The minimum absolute atomic E-state index is 0.231. The second-order valence-corrected chi connectivity index (χ2v) is 8.35. The van der Waals surface area contributed by atoms with E-state index in [1.807, 2.05) is 30.3 Å². The largest absolute Gasteiger partial charge is 0.381 e. The molecular weight excluding hydrogens is 379 g/mol. The lowest BCUT2D eigenvalue weighted by atomic mass is 9.99. The molecule has 1 heterocycles. The zero-order valence-corrected chi connectivity index (χ0v) is 16.5. The summed E-state index contributed by atoms with van der Waals surface area (Å²) in [6.07, 6.45) is 1.55. The van der Waals surface area contributed by atoms with Crippen LogP contribution < -0.4 is 10.6 Å². The molecular formula is C21H23FN2O3S. The first-order valence-electron chi connectivity index (χ1n) is 9.15. The minimum atomic E-state index is -0.810. The first kappa shape index (κ1) is 20.4. The number of carbonyl (C=O) groups is 2. The molecule has 0 radical (unpaired) electrons. The van der Waals surface area contributed by atoms with Crippen LogP contribution in [0.15, 0.2) is 53.4 Å². The number of halogens is 1. The van der Waals surface area contributed by atoms with Crippen molar-refractivity contribution in [3.63, 3.8) is 0 Å². The van der Waals surface area contributed by atoms with Gasteiger partial charge in [-0.05, 0) is 49.6 Å². The quantitative estimate of drug-likeness (QED) is 0.751. The Kier molecular flexibility index (Phi) is 6.70. The number of hydrogen-bond acceptors (Lipinski definition) is 4. The molecule has 0 aliphatic carbocycles. The summed E-state index contributed by atoms with van der Waals surface area (Å²) in [5, 5.41) is 5.18. The Morgan fingerprint density at radius 3 is 2.50 bits per heavy atom. The number of amides is 2. The number of hydrogen-bond donors (Lipinski definition) is 2. The van der Waals surface area contributed by atoms with Gasteiger partial charge in [0, 0.05) is 35.1 Å². The minimum Gasteiger partial charge on any atom is -0.381 e. The Balaban J connectivity index is 1.61. The predicted octanol–water partition coefficient (Wildman–Crippen LogP) is 3.53. The molecule has 0 aromatic heterocycles. The number of benzene rings is 2. The lowest BCUT2D eigenvalue weighted by Gasteiger charge is -2.36. The van der Waals surface area contributed by atoms with Gasteiger partial charge in [0.2, 0.25) is 0 Å². The van der Waals surface area contributed by atoms with Crippen molar-refractivity contribution >= 4 is 29.3 Å². The van der Waals surface area contributed by atoms with Crippen molar-refractivity contribution in [3.8, 4) is 0 Å². The molecule has 1 saturated heterocycles. The van der Waals surface area contributed by atoms with Crippen LogP contribution in [0, 0.1) is 12.7 Å². The molecule has 2 N–H and O–H groups in total. The van der Waals surface area contributed by atoms with Crippen LogP contribution in [0.3, 0.4) is 0 Å². The summed E-state index contributed by atoms with van der Waals surface area (Å²) in [5.74, 6) is -1.98. The highest BCUT2D eigenvalue weighted by Crippen LogP contribution is 2.40. The monoisotopic (exact) mass is 402 g/mol. The van der Waals surface area contributed by atoms with Crippen LogP contribution in [0.5, 0.6) is 0 Å². The Labute approximate surface area is 168 Å². The summed E-state index contributed by atoms with van der Waals surface area (Å²) >= 11 is 1.70. The Morgan fingerprint density at radius 1 is 1.11 bits per heavy atom. The summed E-state index contributed by atoms with van der Waals surface area (Å²) in [5.41, 5.74) is 0.726. The molecule has 1 aliphatic rings. The molecule has 5 nitrogen and oxygen atoms in total. The molecule has 2 aromatic rings. The van der Waals surface area contributed by atoms with Gasteiger partial charge >= 0.3 is 11.8 Å². The zero-order valence-electron chi connectivity index (χ0n) is 15.7. The standard InChI is InChI=1S/C21H23FN2O3S/c1-15-7-8-16(13-18(15)22)24-20(26)19(25)23-14-21(9-11-27-12-10-21)28-17-5-3-2-4-6-17/h2-8,13H,9-12,14H2,1H3,(H,23,25)(H,24,26). The average Bonchev–Trinajstić information content (AvgIpc) is 2.70. The number of nitrogens with one attached hydrogen (secondary N) is 2. The number of anilines is 1. The summed E-state index contributed by atoms with van der Waals surface area (Å²) in [7, 11) is 0. The normalized spacial score (nSPS) is 15.6. The molecule has 3 rings (SSSR count). The maximum atomic E-state index is 13.6. The number of rotatable bonds is 5. The van der Waals surface area contributed by atoms with Crippen molar-refractivity contribution < 1.29 is 18.7 Å². The molecule has 7 heteroatoms. The Morgan fingerprint density at radius 2 is 1.82 bits per heavy atom. The number of aryl methyl sites for hydroxylation is 1. The fourth-order valence-electron chi connectivity index (χ4n) is 2.98. The van der Waals surface area contributed by atoms with Crippen molar-refractivity contribution in [1.29, 1.82) is 0 Å². The topological polar surface area (TPSA) is 67.4 Å². The molecule has 1 fully saturated rings. The van der Waals surface area contributed by atoms with Gasteiger partial charge < -0.3 is 15.4 Å². The summed E-state index contributed by atoms with van der Waals surface area (Å²) < 4.78 is 18.9. The van der Waals surface area contributed by atoms with E-state index < -0.39 is 17.6 Å². The van der Waals surface area contributed by atoms with Crippen molar-refractivity contribution in [1.82, 2.24) is 5.32 Å². The number of carbonyl (C=O) groups excluding carboxylic acids is 2. The first-order valence-corrected chi connectivity index (χ1v) is 9.96. The van der Waals surface area contributed by atoms with Crippen LogP contribution in [-0.2, 0) is 14.3 Å². The molecule has 2 aromatic carbocycles. The van der Waals surface area contributed by atoms with Crippen LogP contribution in [0.1, 0.15) is 18.4 Å². The highest BCUT2D eigenvalue weighted by Gasteiger charge is 2.34. The third-order valence-electron chi connectivity index (χ3n) is 4.69. The lowest BCUT2D eigenvalue weighted by molar-refractivity contribution is -0.136. The van der Waals surface area contributed by atoms with E-state index in [1.165, 1.54) is 6.07 Å². The zero-order chi connectivity index (χ0) is 20.0. The first-order chi connectivity index (χ1) is 13.5. The van der Waals surface area contributed by atoms with E-state index >= 15 is 0 Å². The van der Waals surface area contributed by atoms with E-state index in [-0.39, 0.29) is 10.4 Å². The van der Waals surface area contributed by atoms with E-state index in [4.69, 9.17) is 4.74 Å². The Hall–Kier alpha value is -2.38. The van der Waals surface area contributed by atoms with Crippen molar-refractivity contribution in [2.75, 3.05) is 25.1 Å². The molecule has 0 unspecified atom stereocenters. The molecule has 0 spiro atoms. The van der Waals surface area contributed by atoms with Gasteiger partial charge in [-0.15, -0.1) is 11.8 Å². The van der Waals surface area contributed by atoms with Gasteiger partial charge in [0.05, 0.1) is 0 Å². The van der Waals surface area contributed by atoms with Crippen LogP contribution in [0.4, 0.5) is 10.1 Å². The van der Waals surface area contributed by atoms with Crippen molar-refractivity contribution in [2.24, 2.45) is 0 Å². The molecule has 2 amide bonds. The predicted molar refractivity (Wildman–Crippen MR) is 108 cm³/mol. The second kappa shape index (κ2) is 9.21. The van der Waals surface area contributed by atoms with Crippen molar-refractivity contribution in [2.45, 2.75) is 29.4 Å². The SMILES string of the molecule is Cc1ccc(NC(=O)C(=O)NCC2(Sc3ccccc3)CCOCC2)cc1F. The van der Waals surface area contributed by atoms with Gasteiger partial charge in [-0.3, -0.25) is 9.59 Å². The van der Waals surface area contributed by atoms with Gasteiger partial charge in [-0.2, -0.15) is 0 Å². The summed E-state index contributed by atoms with van der Waals surface area (Å²) in [4.78, 5) is 25.6. The highest BCUT2D eigenvalue weighted by molar-refractivity contribution is 8.00. The number of thioether (sulfide) groups is 1. The van der Waals surface area contributed by atoms with Crippen LogP contribution in [-0.4, -0.2) is 36.3 Å². The maximum absolute atomic E-state index is 13.6. The molecule has 0 bridgehead atoms. The van der Waals surface area contributed by atoms with E-state index in [2.05, 4.69) is 10.6 Å². The maximum Gasteiger partial charge on any atom is 0.313 e. The Bertz CT molecular complexity index is 839. The highest BCUT2D eigenvalue weighted by atomic mass is 32.2. The van der Waals surface area contributed by atoms with Crippen LogP contribution >= 0.6 is 11.8 Å². The van der Waals surface area contributed by atoms with E-state index in [0.29, 0.717) is 25.3 Å². The van der Waals surface area contributed by atoms with Gasteiger partial charge in [0.25, 0.3) is 0 Å². The fourth-order valence-corrected chi connectivity index (χ4v) is 4.29. The lowest BCUT2D eigenvalue weighted by Crippen LogP contribution is -2.47. The third-order valence-corrected chi connectivity index (χ3v) is 6.18. The van der Waals surface area contributed by atoms with Crippen LogP contribution in [0.2, 0.25) is 0 Å². The van der Waals surface area contributed by atoms with Gasteiger partial charge in [-0.1, -0.05) is 24.3 Å². The van der Waals surface area contributed by atoms with E-state index in [0.717, 1.165) is 17.7 Å². The molecule has 1 aliphatic heterocycles. The van der Waals surface area contributed by atoms with Gasteiger partial charge in [0.15, 0.2) is 0 Å². The molecule has 0 atom stereocenters. The van der Waals surface area contributed by atoms with E-state index in [1.54, 1.807) is 30.8 Å². The van der Waals surface area contributed by atoms with Gasteiger partial charge in [-0.25, -0.2) is 4.39 Å². The second-order valence-electron chi connectivity index (χ2n) is 6.81. The third kappa shape index (κ3) is 5.33. The molecule has 0 saturated carbocycles. The fraction of sp³-hybridized carbons (Fsp3) is 0.333. The molecule has 28 heavy (non-hydrogen) atoms. The van der Waals surface area contributed by atoms with E-state index in [9.17, 15) is 14.0 Å². The smallest absolute Gasteiger partial charge is 0.313 e. The summed E-state index contributed by atoms with van der Waals surface area (Å²) in [6.45, 7) is 3.21.